The highest BCUT2D eigenvalue weighted by atomic mass is 16.3. The first kappa shape index (κ1) is 21.3. The van der Waals surface area contributed by atoms with Crippen LogP contribution in [0.15, 0.2) is 23.8 Å². The van der Waals surface area contributed by atoms with E-state index < -0.39 is 5.60 Å². The van der Waals surface area contributed by atoms with Crippen LogP contribution in [0.2, 0.25) is 0 Å². The molecule has 2 nitrogen and oxygen atoms in total. The van der Waals surface area contributed by atoms with Gasteiger partial charge in [0.1, 0.15) is 0 Å². The van der Waals surface area contributed by atoms with E-state index in [1.165, 1.54) is 44.1 Å². The summed E-state index contributed by atoms with van der Waals surface area (Å²) < 4.78 is 0. The van der Waals surface area contributed by atoms with Crippen LogP contribution in [-0.2, 0) is 4.79 Å². The number of fused-ring (bicyclic) bond motifs is 5. The molecule has 29 heavy (non-hydrogen) atoms. The van der Waals surface area contributed by atoms with E-state index in [1.54, 1.807) is 0 Å². The van der Waals surface area contributed by atoms with Gasteiger partial charge in [-0.2, -0.15) is 0 Å². The van der Waals surface area contributed by atoms with Crippen molar-refractivity contribution in [1.82, 2.24) is 0 Å². The molecule has 1 unspecified atom stereocenters. The van der Waals surface area contributed by atoms with Crippen LogP contribution >= 0.6 is 0 Å². The van der Waals surface area contributed by atoms with Crippen molar-refractivity contribution in [2.45, 2.75) is 98.0 Å². The molecule has 0 heterocycles. The molecule has 4 aliphatic rings. The van der Waals surface area contributed by atoms with E-state index in [1.807, 2.05) is 19.9 Å². The maximum absolute atomic E-state index is 12.0. The molecule has 2 heteroatoms. The van der Waals surface area contributed by atoms with Crippen molar-refractivity contribution in [3.63, 3.8) is 0 Å². The second kappa shape index (κ2) is 7.36. The van der Waals surface area contributed by atoms with E-state index in [2.05, 4.69) is 32.9 Å². The van der Waals surface area contributed by atoms with Gasteiger partial charge in [0.25, 0.3) is 0 Å². The van der Waals surface area contributed by atoms with Crippen molar-refractivity contribution in [3.8, 4) is 0 Å². The number of rotatable bonds is 5. The monoisotopic (exact) mass is 398 g/mol. The van der Waals surface area contributed by atoms with Crippen LogP contribution < -0.4 is 0 Å². The highest BCUT2D eigenvalue weighted by Gasteiger charge is 2.58. The lowest BCUT2D eigenvalue weighted by molar-refractivity contribution is -0.115. The van der Waals surface area contributed by atoms with Crippen LogP contribution in [0.5, 0.6) is 0 Å². The Morgan fingerprint density at radius 3 is 2.69 bits per heavy atom. The third kappa shape index (κ3) is 3.68. The quantitative estimate of drug-likeness (QED) is 0.538. The Hall–Kier alpha value is -0.890. The lowest BCUT2D eigenvalue weighted by atomic mass is 9.48. The predicted molar refractivity (Wildman–Crippen MR) is 119 cm³/mol. The molecule has 0 spiro atoms. The molecular formula is C27H42O2. The van der Waals surface area contributed by atoms with Crippen molar-refractivity contribution >= 4 is 5.78 Å². The van der Waals surface area contributed by atoms with Gasteiger partial charge in [0.2, 0.25) is 0 Å². The topological polar surface area (TPSA) is 37.3 Å². The fourth-order valence-electron chi connectivity index (χ4n) is 8.14. The van der Waals surface area contributed by atoms with Gasteiger partial charge in [-0.05, 0) is 93.5 Å². The zero-order chi connectivity index (χ0) is 21.0. The molecule has 4 aliphatic carbocycles. The lowest BCUT2D eigenvalue weighted by Crippen LogP contribution is -2.49. The molecule has 0 bridgehead atoms. The van der Waals surface area contributed by atoms with Crippen LogP contribution in [0, 0.1) is 40.4 Å². The minimum atomic E-state index is -0.531. The Kier molecular flexibility index (Phi) is 5.42. The number of aliphatic hydroxyl groups is 1. The predicted octanol–water partition coefficient (Wildman–Crippen LogP) is 6.49. The first-order chi connectivity index (χ1) is 13.5. The highest BCUT2D eigenvalue weighted by molar-refractivity contribution is 5.93. The van der Waals surface area contributed by atoms with Crippen molar-refractivity contribution in [3.05, 3.63) is 23.8 Å². The van der Waals surface area contributed by atoms with Gasteiger partial charge in [0, 0.05) is 11.8 Å². The summed E-state index contributed by atoms with van der Waals surface area (Å²) in [6.45, 7) is 11.4. The van der Waals surface area contributed by atoms with Gasteiger partial charge in [0.15, 0.2) is 5.78 Å². The van der Waals surface area contributed by atoms with E-state index in [-0.39, 0.29) is 11.2 Å². The molecule has 0 aromatic rings. The summed E-state index contributed by atoms with van der Waals surface area (Å²) in [6.07, 6.45) is 17.2. The van der Waals surface area contributed by atoms with Gasteiger partial charge in [-0.3, -0.25) is 4.79 Å². The highest BCUT2D eigenvalue weighted by Crippen LogP contribution is 2.66. The van der Waals surface area contributed by atoms with E-state index >= 15 is 0 Å². The van der Waals surface area contributed by atoms with E-state index in [0.717, 1.165) is 36.5 Å². The summed E-state index contributed by atoms with van der Waals surface area (Å²) in [4.78, 5) is 12.0. The number of hydrogen-bond donors (Lipinski definition) is 1. The molecule has 4 rings (SSSR count). The average Bonchev–Trinajstić information content (AvgIpc) is 2.98. The summed E-state index contributed by atoms with van der Waals surface area (Å²) in [5, 5.41) is 10.1. The van der Waals surface area contributed by atoms with Gasteiger partial charge in [-0.1, -0.05) is 51.3 Å². The summed E-state index contributed by atoms with van der Waals surface area (Å²) in [5.41, 5.74) is 1.47. The van der Waals surface area contributed by atoms with Crippen molar-refractivity contribution < 1.29 is 9.90 Å². The van der Waals surface area contributed by atoms with Crippen LogP contribution in [0.3, 0.4) is 0 Å². The third-order valence-corrected chi connectivity index (χ3v) is 9.72. The molecule has 0 radical (unpaired) electrons. The average molecular weight is 399 g/mol. The minimum Gasteiger partial charge on any atom is -0.390 e. The Bertz CT molecular complexity index is 711. The number of carbonyl (C=O) groups is 1. The molecular weight excluding hydrogens is 356 g/mol. The number of ketones is 1. The summed E-state index contributed by atoms with van der Waals surface area (Å²) in [7, 11) is 0. The minimum absolute atomic E-state index is 0.120. The van der Waals surface area contributed by atoms with Gasteiger partial charge in [0.05, 0.1) is 5.60 Å². The van der Waals surface area contributed by atoms with Crippen molar-refractivity contribution in [1.29, 1.82) is 0 Å². The third-order valence-electron chi connectivity index (χ3n) is 9.72. The molecule has 0 aromatic heterocycles. The van der Waals surface area contributed by atoms with Crippen LogP contribution in [0.25, 0.3) is 0 Å². The molecule has 7 atom stereocenters. The van der Waals surface area contributed by atoms with Gasteiger partial charge in [-0.25, -0.2) is 0 Å². The fraction of sp³-hybridized carbons (Fsp3) is 0.815. The fourth-order valence-corrected chi connectivity index (χ4v) is 8.14. The molecule has 2 saturated carbocycles. The summed E-state index contributed by atoms with van der Waals surface area (Å²) in [5.74, 6) is 4.21. The maximum atomic E-state index is 12.0. The zero-order valence-corrected chi connectivity index (χ0v) is 19.3. The van der Waals surface area contributed by atoms with Gasteiger partial charge >= 0.3 is 0 Å². The van der Waals surface area contributed by atoms with Crippen molar-refractivity contribution in [2.24, 2.45) is 40.4 Å². The Balaban J connectivity index is 1.49. The Morgan fingerprint density at radius 1 is 1.21 bits per heavy atom. The second-order valence-electron chi connectivity index (χ2n) is 12.0. The van der Waals surface area contributed by atoms with Crippen LogP contribution in [0.1, 0.15) is 92.4 Å². The molecule has 2 fully saturated rings. The molecule has 0 amide bonds. The largest absolute Gasteiger partial charge is 0.390 e. The normalized spacial score (nSPS) is 42.7. The Morgan fingerprint density at radius 2 is 1.97 bits per heavy atom. The van der Waals surface area contributed by atoms with Crippen LogP contribution in [0.4, 0.5) is 0 Å². The van der Waals surface area contributed by atoms with Gasteiger partial charge in [-0.15, -0.1) is 0 Å². The smallest absolute Gasteiger partial charge is 0.159 e. The Labute approximate surface area is 178 Å². The van der Waals surface area contributed by atoms with Gasteiger partial charge < -0.3 is 5.11 Å². The van der Waals surface area contributed by atoms with E-state index in [4.69, 9.17) is 0 Å². The first-order valence-electron chi connectivity index (χ1n) is 12.2. The lowest BCUT2D eigenvalue weighted by Gasteiger charge is -2.56. The molecule has 0 saturated heterocycles. The molecule has 0 aromatic carbocycles. The molecule has 0 aliphatic heterocycles. The number of hydrogen-bond acceptors (Lipinski definition) is 2. The molecule has 162 valence electrons. The first-order valence-corrected chi connectivity index (χ1v) is 12.2. The van der Waals surface area contributed by atoms with Crippen molar-refractivity contribution in [2.75, 3.05) is 0 Å². The number of carbonyl (C=O) groups excluding carboxylic acids is 1. The second-order valence-corrected chi connectivity index (χ2v) is 12.0. The standard InChI is InChI=1S/C27H42O2/c1-18(7-6-14-25(2,3)29)22-10-11-23-21-9-8-19-17-20(28)12-15-26(19,4)24(21)13-16-27(22,23)5/h8,12,15,18,21-24,29H,6-7,9-11,13-14,16-17H2,1-5H3/t18?,21-,22+,23-,24-,26-,27+/m0/s1. The summed E-state index contributed by atoms with van der Waals surface area (Å²) >= 11 is 0. The SMILES string of the molecule is CC(CCCC(C)(C)O)[C@H]1CC[C@H]2[C@@H]3CC=C4CC(=O)C=C[C@]4(C)[C@H]3CC[C@]12C. The number of allylic oxidation sites excluding steroid dienone is 4. The maximum Gasteiger partial charge on any atom is 0.159 e. The van der Waals surface area contributed by atoms with E-state index in [9.17, 15) is 9.90 Å². The zero-order valence-electron chi connectivity index (χ0n) is 19.3. The molecule has 1 N–H and O–H groups in total. The van der Waals surface area contributed by atoms with E-state index in [0.29, 0.717) is 17.8 Å². The van der Waals surface area contributed by atoms with Crippen LogP contribution in [-0.4, -0.2) is 16.5 Å². The summed E-state index contributed by atoms with van der Waals surface area (Å²) in [6, 6.07) is 0.